The van der Waals surface area contributed by atoms with Crippen LogP contribution in [0, 0.1) is 5.92 Å². The van der Waals surface area contributed by atoms with Crippen LogP contribution in [-0.2, 0) is 4.79 Å². The van der Waals surface area contributed by atoms with Crippen LogP contribution < -0.4 is 10.6 Å². The Kier molecular flexibility index (Phi) is 4.99. The van der Waals surface area contributed by atoms with Gasteiger partial charge in [0.2, 0.25) is 5.91 Å². The molecule has 3 nitrogen and oxygen atoms in total. The number of carbonyl (C=O) groups excluding carboxylic acids is 1. The van der Waals surface area contributed by atoms with E-state index in [1.165, 1.54) is 0 Å². The molecule has 0 aromatic rings. The second-order valence-electron chi connectivity index (χ2n) is 4.82. The van der Waals surface area contributed by atoms with Gasteiger partial charge >= 0.3 is 0 Å². The van der Waals surface area contributed by atoms with Crippen LogP contribution in [0.15, 0.2) is 0 Å². The maximum atomic E-state index is 11.3. The van der Waals surface area contributed by atoms with Crippen molar-refractivity contribution < 1.29 is 4.79 Å². The monoisotopic (exact) mass is 186 g/mol. The predicted molar refractivity (Wildman–Crippen MR) is 55.6 cm³/mol. The Bertz CT molecular complexity index is 159. The number of hydrogen-bond acceptors (Lipinski definition) is 2. The first kappa shape index (κ1) is 12.4. The standard InChI is InChI=1S/C10H22N2O/c1-8(2)6-11-7-9(13)12-10(3,4)5/h8,11H,6-7H2,1-5H3,(H,12,13). The molecule has 0 aromatic carbocycles. The largest absolute Gasteiger partial charge is 0.350 e. The predicted octanol–water partition coefficient (Wildman–Crippen LogP) is 1.15. The molecule has 78 valence electrons. The molecule has 2 N–H and O–H groups in total. The van der Waals surface area contributed by atoms with Crippen molar-refractivity contribution >= 4 is 5.91 Å². The molecule has 0 bridgehead atoms. The van der Waals surface area contributed by atoms with E-state index in [0.717, 1.165) is 6.54 Å². The van der Waals surface area contributed by atoms with Crippen LogP contribution in [0.4, 0.5) is 0 Å². The molecule has 1 amide bonds. The van der Waals surface area contributed by atoms with Crippen molar-refractivity contribution in [2.75, 3.05) is 13.1 Å². The van der Waals surface area contributed by atoms with E-state index in [4.69, 9.17) is 0 Å². The van der Waals surface area contributed by atoms with E-state index in [1.807, 2.05) is 20.8 Å². The first-order valence-corrected chi connectivity index (χ1v) is 4.83. The van der Waals surface area contributed by atoms with E-state index in [0.29, 0.717) is 12.5 Å². The van der Waals surface area contributed by atoms with Crippen LogP contribution in [-0.4, -0.2) is 24.5 Å². The minimum absolute atomic E-state index is 0.0631. The third kappa shape index (κ3) is 9.34. The first-order chi connectivity index (χ1) is 5.81. The maximum absolute atomic E-state index is 11.3. The van der Waals surface area contributed by atoms with Gasteiger partial charge in [-0.1, -0.05) is 13.8 Å². The van der Waals surface area contributed by atoms with Crippen molar-refractivity contribution in [1.29, 1.82) is 0 Å². The van der Waals surface area contributed by atoms with Crippen LogP contribution in [0.2, 0.25) is 0 Å². The zero-order chi connectivity index (χ0) is 10.5. The summed E-state index contributed by atoms with van der Waals surface area (Å²) in [4.78, 5) is 11.3. The molecule has 0 heterocycles. The van der Waals surface area contributed by atoms with Crippen molar-refractivity contribution in [3.05, 3.63) is 0 Å². The molecule has 0 aromatic heterocycles. The molecular weight excluding hydrogens is 164 g/mol. The third-order valence-corrected chi connectivity index (χ3v) is 1.35. The molecule has 0 fully saturated rings. The summed E-state index contributed by atoms with van der Waals surface area (Å²) in [7, 11) is 0. The SMILES string of the molecule is CC(C)CNCC(=O)NC(C)(C)C. The molecule has 13 heavy (non-hydrogen) atoms. The van der Waals surface area contributed by atoms with E-state index in [9.17, 15) is 4.79 Å². The van der Waals surface area contributed by atoms with Gasteiger partial charge in [-0.15, -0.1) is 0 Å². The summed E-state index contributed by atoms with van der Waals surface area (Å²) in [6.45, 7) is 11.5. The maximum Gasteiger partial charge on any atom is 0.234 e. The van der Waals surface area contributed by atoms with Crippen molar-refractivity contribution in [2.45, 2.75) is 40.2 Å². The molecule has 0 unspecified atom stereocenters. The quantitative estimate of drug-likeness (QED) is 0.691. The zero-order valence-electron chi connectivity index (χ0n) is 9.40. The summed E-state index contributed by atoms with van der Waals surface area (Å²) < 4.78 is 0. The fourth-order valence-corrected chi connectivity index (χ4v) is 0.937. The molecule has 0 radical (unpaired) electrons. The van der Waals surface area contributed by atoms with Gasteiger partial charge in [-0.2, -0.15) is 0 Å². The number of carbonyl (C=O) groups is 1. The Morgan fingerprint density at radius 3 is 2.23 bits per heavy atom. The fourth-order valence-electron chi connectivity index (χ4n) is 0.937. The van der Waals surface area contributed by atoms with Gasteiger partial charge in [-0.25, -0.2) is 0 Å². The lowest BCUT2D eigenvalue weighted by molar-refractivity contribution is -0.121. The highest BCUT2D eigenvalue weighted by Gasteiger charge is 2.12. The number of hydrogen-bond donors (Lipinski definition) is 2. The van der Waals surface area contributed by atoms with Gasteiger partial charge in [0.05, 0.1) is 6.54 Å². The number of rotatable bonds is 4. The Morgan fingerprint density at radius 2 is 1.85 bits per heavy atom. The summed E-state index contributed by atoms with van der Waals surface area (Å²) in [5.74, 6) is 0.649. The van der Waals surface area contributed by atoms with Crippen LogP contribution in [0.1, 0.15) is 34.6 Å². The Labute approximate surface area is 81.3 Å². The lowest BCUT2D eigenvalue weighted by Crippen LogP contribution is -2.45. The Balaban J connectivity index is 3.53. The highest BCUT2D eigenvalue weighted by atomic mass is 16.2. The average Bonchev–Trinajstić information content (AvgIpc) is 1.81. The van der Waals surface area contributed by atoms with Gasteiger partial charge in [0.1, 0.15) is 0 Å². The summed E-state index contributed by atoms with van der Waals surface area (Å²) in [5.41, 5.74) is -0.128. The molecule has 0 spiro atoms. The first-order valence-electron chi connectivity index (χ1n) is 4.83. The smallest absolute Gasteiger partial charge is 0.234 e. The zero-order valence-corrected chi connectivity index (χ0v) is 9.40. The van der Waals surface area contributed by atoms with E-state index in [2.05, 4.69) is 24.5 Å². The number of amides is 1. The van der Waals surface area contributed by atoms with Gasteiger partial charge in [-0.05, 0) is 33.2 Å². The van der Waals surface area contributed by atoms with Crippen LogP contribution in [0.5, 0.6) is 0 Å². The van der Waals surface area contributed by atoms with Crippen LogP contribution in [0.25, 0.3) is 0 Å². The molecule has 0 saturated heterocycles. The normalized spacial score (nSPS) is 11.8. The van der Waals surface area contributed by atoms with E-state index in [-0.39, 0.29) is 11.4 Å². The second kappa shape index (κ2) is 5.22. The van der Waals surface area contributed by atoms with Crippen molar-refractivity contribution in [2.24, 2.45) is 5.92 Å². The fraction of sp³-hybridized carbons (Fsp3) is 0.900. The molecule has 3 heteroatoms. The second-order valence-corrected chi connectivity index (χ2v) is 4.82. The van der Waals surface area contributed by atoms with E-state index >= 15 is 0 Å². The van der Waals surface area contributed by atoms with Gasteiger partial charge in [-0.3, -0.25) is 4.79 Å². The molecular formula is C10H22N2O. The van der Waals surface area contributed by atoms with Crippen molar-refractivity contribution in [3.63, 3.8) is 0 Å². The Hall–Kier alpha value is -0.570. The lowest BCUT2D eigenvalue weighted by Gasteiger charge is -2.20. The summed E-state index contributed by atoms with van der Waals surface area (Å²) in [5, 5.41) is 5.99. The molecule has 0 rings (SSSR count). The van der Waals surface area contributed by atoms with Crippen LogP contribution >= 0.6 is 0 Å². The van der Waals surface area contributed by atoms with Gasteiger partial charge in [0, 0.05) is 5.54 Å². The highest BCUT2D eigenvalue weighted by molar-refractivity contribution is 5.78. The summed E-state index contributed by atoms with van der Waals surface area (Å²) >= 11 is 0. The molecule has 0 saturated carbocycles. The minimum atomic E-state index is -0.128. The van der Waals surface area contributed by atoms with Crippen molar-refractivity contribution in [1.82, 2.24) is 10.6 Å². The molecule has 0 atom stereocenters. The summed E-state index contributed by atoms with van der Waals surface area (Å²) in [6.07, 6.45) is 0. The van der Waals surface area contributed by atoms with Crippen molar-refractivity contribution in [3.8, 4) is 0 Å². The van der Waals surface area contributed by atoms with E-state index in [1.54, 1.807) is 0 Å². The number of nitrogens with one attached hydrogen (secondary N) is 2. The third-order valence-electron chi connectivity index (χ3n) is 1.35. The molecule has 0 aliphatic rings. The van der Waals surface area contributed by atoms with Gasteiger partial charge in [0.25, 0.3) is 0 Å². The van der Waals surface area contributed by atoms with E-state index < -0.39 is 0 Å². The highest BCUT2D eigenvalue weighted by Crippen LogP contribution is 1.97. The van der Waals surface area contributed by atoms with Gasteiger partial charge < -0.3 is 10.6 Å². The van der Waals surface area contributed by atoms with Crippen LogP contribution in [0.3, 0.4) is 0 Å². The summed E-state index contributed by atoms with van der Waals surface area (Å²) in [6, 6.07) is 0. The lowest BCUT2D eigenvalue weighted by atomic mass is 10.1. The topological polar surface area (TPSA) is 41.1 Å². The molecule has 0 aliphatic carbocycles. The molecule has 0 aliphatic heterocycles. The average molecular weight is 186 g/mol. The Morgan fingerprint density at radius 1 is 1.31 bits per heavy atom. The van der Waals surface area contributed by atoms with Gasteiger partial charge in [0.15, 0.2) is 0 Å². The minimum Gasteiger partial charge on any atom is -0.350 e.